The predicted molar refractivity (Wildman–Crippen MR) is 103 cm³/mol. The molecule has 5 nitrogen and oxygen atoms in total. The van der Waals surface area contributed by atoms with Gasteiger partial charge in [-0.1, -0.05) is 19.4 Å². The van der Waals surface area contributed by atoms with E-state index >= 15 is 0 Å². The van der Waals surface area contributed by atoms with E-state index in [0.29, 0.717) is 24.6 Å². The number of rotatable bonds is 4. The van der Waals surface area contributed by atoms with Crippen molar-refractivity contribution in [2.75, 3.05) is 13.1 Å². The van der Waals surface area contributed by atoms with Gasteiger partial charge in [-0.25, -0.2) is 0 Å². The van der Waals surface area contributed by atoms with Crippen LogP contribution in [0.3, 0.4) is 0 Å². The van der Waals surface area contributed by atoms with Crippen LogP contribution in [0.15, 0.2) is 24.3 Å². The molecule has 0 saturated carbocycles. The largest absolute Gasteiger partial charge is 0.351 e. The quantitative estimate of drug-likeness (QED) is 0.918. The monoisotopic (exact) mass is 353 g/mol. The number of hydrogen-bond donors (Lipinski definition) is 1. The zero-order valence-corrected chi connectivity index (χ0v) is 16.0. The van der Waals surface area contributed by atoms with Gasteiger partial charge in [0.05, 0.1) is 11.6 Å². The third kappa shape index (κ3) is 3.71. The predicted octanol–water partition coefficient (Wildman–Crippen LogP) is 3.23. The number of pyridine rings is 1. The molecule has 1 saturated heterocycles. The molecule has 0 bridgehead atoms. The van der Waals surface area contributed by atoms with E-state index in [1.807, 2.05) is 30.0 Å². The molecular formula is C21H27N3O2. The number of aryl methyl sites for hydroxylation is 2. The third-order valence-corrected chi connectivity index (χ3v) is 5.17. The van der Waals surface area contributed by atoms with E-state index in [0.717, 1.165) is 29.4 Å². The first-order valence-electron chi connectivity index (χ1n) is 9.33. The summed E-state index contributed by atoms with van der Waals surface area (Å²) in [5, 5.41) is 4.09. The molecular weight excluding hydrogens is 326 g/mol. The molecule has 138 valence electrons. The summed E-state index contributed by atoms with van der Waals surface area (Å²) < 4.78 is 0. The van der Waals surface area contributed by atoms with Crippen molar-refractivity contribution in [1.82, 2.24) is 15.2 Å². The number of carbonyl (C=O) groups excluding carboxylic acids is 2. The molecule has 1 N–H and O–H groups in total. The first kappa shape index (κ1) is 18.4. The molecule has 0 spiro atoms. The lowest BCUT2D eigenvalue weighted by Gasteiger charge is -2.17. The smallest absolute Gasteiger partial charge is 0.254 e. The topological polar surface area (TPSA) is 62.3 Å². The highest BCUT2D eigenvalue weighted by atomic mass is 16.2. The van der Waals surface area contributed by atoms with Crippen LogP contribution >= 0.6 is 0 Å². The molecule has 1 aliphatic heterocycles. The molecule has 1 fully saturated rings. The maximum atomic E-state index is 13.0. The fraction of sp³-hybridized carbons (Fsp3) is 0.476. The Labute approximate surface area is 154 Å². The summed E-state index contributed by atoms with van der Waals surface area (Å²) >= 11 is 0. The molecule has 26 heavy (non-hydrogen) atoms. The van der Waals surface area contributed by atoms with Crippen LogP contribution in [-0.2, 0) is 4.79 Å². The molecule has 0 aliphatic carbocycles. The van der Waals surface area contributed by atoms with Crippen molar-refractivity contribution in [3.8, 4) is 0 Å². The third-order valence-electron chi connectivity index (χ3n) is 5.17. The zero-order valence-electron chi connectivity index (χ0n) is 16.0. The van der Waals surface area contributed by atoms with Crippen molar-refractivity contribution in [1.29, 1.82) is 0 Å². The summed E-state index contributed by atoms with van der Waals surface area (Å²) in [6, 6.07) is 7.85. The second kappa shape index (κ2) is 7.44. The Morgan fingerprint density at radius 2 is 2.00 bits per heavy atom. The van der Waals surface area contributed by atoms with Crippen LogP contribution in [-0.4, -0.2) is 40.8 Å². The van der Waals surface area contributed by atoms with E-state index < -0.39 is 0 Å². The molecule has 5 heteroatoms. The van der Waals surface area contributed by atoms with Crippen LogP contribution in [0.4, 0.5) is 0 Å². The van der Waals surface area contributed by atoms with Crippen molar-refractivity contribution in [2.45, 2.75) is 46.6 Å². The van der Waals surface area contributed by atoms with Crippen molar-refractivity contribution in [3.05, 3.63) is 41.1 Å². The molecule has 1 aliphatic rings. The van der Waals surface area contributed by atoms with Crippen molar-refractivity contribution in [2.24, 2.45) is 5.92 Å². The molecule has 0 radical (unpaired) electrons. The van der Waals surface area contributed by atoms with Gasteiger partial charge >= 0.3 is 0 Å². The highest BCUT2D eigenvalue weighted by Crippen LogP contribution is 2.25. The average Bonchev–Trinajstić information content (AvgIpc) is 2.95. The number of carbonyl (C=O) groups is 2. The SMILES string of the molecule is CCC[C@@H]1CN(C(=O)c2ccc3c(C)cc(C)nc3c2)C[C@H]1NC(C)=O. The van der Waals surface area contributed by atoms with Gasteiger partial charge in [0, 0.05) is 36.7 Å². The van der Waals surface area contributed by atoms with Gasteiger partial charge < -0.3 is 10.2 Å². The number of nitrogens with zero attached hydrogens (tertiary/aromatic N) is 2. The molecule has 3 rings (SSSR count). The Morgan fingerprint density at radius 1 is 1.23 bits per heavy atom. The zero-order chi connectivity index (χ0) is 18.8. The van der Waals surface area contributed by atoms with Crippen molar-refractivity contribution < 1.29 is 9.59 Å². The van der Waals surface area contributed by atoms with Gasteiger partial charge in [-0.15, -0.1) is 0 Å². The van der Waals surface area contributed by atoms with Crippen molar-refractivity contribution >= 4 is 22.7 Å². The van der Waals surface area contributed by atoms with Crippen molar-refractivity contribution in [3.63, 3.8) is 0 Å². The van der Waals surface area contributed by atoms with E-state index in [4.69, 9.17) is 0 Å². The number of amides is 2. The Hall–Kier alpha value is -2.43. The van der Waals surface area contributed by atoms with Crippen LogP contribution in [0, 0.1) is 19.8 Å². The van der Waals surface area contributed by atoms with Gasteiger partial charge in [-0.05, 0) is 49.9 Å². The van der Waals surface area contributed by atoms with E-state index in [9.17, 15) is 9.59 Å². The summed E-state index contributed by atoms with van der Waals surface area (Å²) in [6.45, 7) is 8.96. The Balaban J connectivity index is 1.84. The number of nitrogens with one attached hydrogen (secondary N) is 1. The second-order valence-corrected chi connectivity index (χ2v) is 7.38. The maximum Gasteiger partial charge on any atom is 0.254 e. The Kier molecular flexibility index (Phi) is 5.25. The van der Waals surface area contributed by atoms with Crippen LogP contribution in [0.5, 0.6) is 0 Å². The summed E-state index contributed by atoms with van der Waals surface area (Å²) in [5.74, 6) is 0.295. The molecule has 1 aromatic carbocycles. The van der Waals surface area contributed by atoms with Crippen LogP contribution in [0.1, 0.15) is 48.3 Å². The number of aromatic nitrogens is 1. The van der Waals surface area contributed by atoms with E-state index in [-0.39, 0.29) is 17.9 Å². The molecule has 2 aromatic rings. The fourth-order valence-electron chi connectivity index (χ4n) is 4.01. The lowest BCUT2D eigenvalue weighted by Crippen LogP contribution is -2.39. The fourth-order valence-corrected chi connectivity index (χ4v) is 4.01. The van der Waals surface area contributed by atoms with Gasteiger partial charge in [-0.3, -0.25) is 14.6 Å². The highest BCUT2D eigenvalue weighted by molar-refractivity contribution is 5.98. The molecule has 1 aromatic heterocycles. The number of likely N-dealkylation sites (tertiary alicyclic amines) is 1. The number of fused-ring (bicyclic) bond motifs is 1. The molecule has 2 atom stereocenters. The summed E-state index contributed by atoms with van der Waals surface area (Å²) in [5.41, 5.74) is 3.64. The van der Waals surface area contributed by atoms with E-state index in [1.54, 1.807) is 0 Å². The minimum Gasteiger partial charge on any atom is -0.351 e. The minimum absolute atomic E-state index is 0.0156. The average molecular weight is 353 g/mol. The van der Waals surface area contributed by atoms with Crippen LogP contribution in [0.2, 0.25) is 0 Å². The van der Waals surface area contributed by atoms with Crippen LogP contribution in [0.25, 0.3) is 10.9 Å². The van der Waals surface area contributed by atoms with E-state index in [2.05, 4.69) is 30.2 Å². The number of hydrogen-bond acceptors (Lipinski definition) is 3. The standard InChI is InChI=1S/C21H27N3O2/c1-5-6-17-11-24(12-20(17)23-15(4)25)21(26)16-7-8-18-13(2)9-14(3)22-19(18)10-16/h7-10,17,20H,5-6,11-12H2,1-4H3,(H,23,25)/t17-,20-/m1/s1. The van der Waals surface area contributed by atoms with Gasteiger partial charge in [0.25, 0.3) is 5.91 Å². The van der Waals surface area contributed by atoms with Gasteiger partial charge in [0.15, 0.2) is 0 Å². The van der Waals surface area contributed by atoms with Crippen LogP contribution < -0.4 is 5.32 Å². The van der Waals surface area contributed by atoms with Gasteiger partial charge in [0.1, 0.15) is 0 Å². The minimum atomic E-state index is -0.0359. The molecule has 2 amide bonds. The van der Waals surface area contributed by atoms with Gasteiger partial charge in [0.2, 0.25) is 5.91 Å². The highest BCUT2D eigenvalue weighted by Gasteiger charge is 2.35. The number of benzene rings is 1. The maximum absolute atomic E-state index is 13.0. The normalized spacial score (nSPS) is 19.8. The molecule has 2 heterocycles. The second-order valence-electron chi connectivity index (χ2n) is 7.38. The summed E-state index contributed by atoms with van der Waals surface area (Å²) in [4.78, 5) is 31.0. The van der Waals surface area contributed by atoms with Gasteiger partial charge in [-0.2, -0.15) is 0 Å². The Morgan fingerprint density at radius 3 is 2.69 bits per heavy atom. The first-order chi connectivity index (χ1) is 12.4. The lowest BCUT2D eigenvalue weighted by atomic mass is 9.98. The lowest BCUT2D eigenvalue weighted by molar-refractivity contribution is -0.119. The van der Waals surface area contributed by atoms with E-state index in [1.165, 1.54) is 12.5 Å². The summed E-state index contributed by atoms with van der Waals surface area (Å²) in [6.07, 6.45) is 2.05. The molecule has 0 unspecified atom stereocenters. The Bertz CT molecular complexity index is 847. The first-order valence-corrected chi connectivity index (χ1v) is 9.33. The summed E-state index contributed by atoms with van der Waals surface area (Å²) in [7, 11) is 0.